The van der Waals surface area contributed by atoms with E-state index in [4.69, 9.17) is 0 Å². The van der Waals surface area contributed by atoms with Gasteiger partial charge >= 0.3 is 5.97 Å². The van der Waals surface area contributed by atoms with E-state index in [1.165, 1.54) is 0 Å². The normalized spacial score (nSPS) is 37.0. The van der Waals surface area contributed by atoms with Crippen molar-refractivity contribution in [3.05, 3.63) is 11.1 Å². The maximum atomic E-state index is 11.9. The number of hydrogen-bond acceptors (Lipinski definition) is 1. The van der Waals surface area contributed by atoms with E-state index in [0.29, 0.717) is 11.8 Å². The largest absolute Gasteiger partial charge is 0.481 e. The van der Waals surface area contributed by atoms with Crippen LogP contribution < -0.4 is 0 Å². The predicted octanol–water partition coefficient (Wildman–Crippen LogP) is 5.29. The fourth-order valence-electron chi connectivity index (χ4n) is 5.52. The summed E-state index contributed by atoms with van der Waals surface area (Å²) >= 11 is 0. The van der Waals surface area contributed by atoms with E-state index >= 15 is 0 Å². The van der Waals surface area contributed by atoms with Gasteiger partial charge in [0.25, 0.3) is 0 Å². The van der Waals surface area contributed by atoms with Crippen LogP contribution in [0.1, 0.15) is 73.6 Å². The highest BCUT2D eigenvalue weighted by Gasteiger charge is 2.56. The third kappa shape index (κ3) is 2.45. The molecule has 0 aromatic heterocycles. The van der Waals surface area contributed by atoms with E-state index in [1.807, 2.05) is 6.92 Å². The summed E-state index contributed by atoms with van der Waals surface area (Å²) in [7, 11) is 0. The fraction of sp³-hybridized carbons (Fsp3) is 0.842. The zero-order valence-corrected chi connectivity index (χ0v) is 14.6. The second kappa shape index (κ2) is 5.44. The van der Waals surface area contributed by atoms with Gasteiger partial charge in [-0.05, 0) is 55.8 Å². The molecule has 1 saturated carbocycles. The number of carbonyl (C=O) groups is 1. The molecule has 120 valence electrons. The van der Waals surface area contributed by atoms with Gasteiger partial charge in [-0.3, -0.25) is 4.79 Å². The highest BCUT2D eigenvalue weighted by atomic mass is 16.4. The van der Waals surface area contributed by atoms with Gasteiger partial charge in [0.05, 0.1) is 5.41 Å². The van der Waals surface area contributed by atoms with E-state index < -0.39 is 11.4 Å². The quantitative estimate of drug-likeness (QED) is 0.718. The number of carboxylic acid groups (broad SMARTS) is 1. The first kappa shape index (κ1) is 16.6. The molecule has 0 bridgehead atoms. The van der Waals surface area contributed by atoms with E-state index in [1.54, 1.807) is 11.1 Å². The number of allylic oxidation sites excluding steroid dienone is 2. The van der Waals surface area contributed by atoms with Gasteiger partial charge in [-0.2, -0.15) is 0 Å². The smallest absolute Gasteiger partial charge is 0.309 e. The molecule has 1 unspecified atom stereocenters. The molecule has 0 amide bonds. The van der Waals surface area contributed by atoms with Gasteiger partial charge in [0, 0.05) is 0 Å². The number of fused-ring (bicyclic) bond motifs is 1. The van der Waals surface area contributed by atoms with Crippen LogP contribution in [0.5, 0.6) is 0 Å². The van der Waals surface area contributed by atoms with Crippen molar-refractivity contribution in [2.45, 2.75) is 73.6 Å². The van der Waals surface area contributed by atoms with Crippen LogP contribution in [0.25, 0.3) is 0 Å². The lowest BCUT2D eigenvalue weighted by atomic mass is 9.48. The molecule has 2 aliphatic carbocycles. The van der Waals surface area contributed by atoms with Crippen molar-refractivity contribution in [2.75, 3.05) is 0 Å². The molecule has 1 fully saturated rings. The van der Waals surface area contributed by atoms with Crippen molar-refractivity contribution in [1.82, 2.24) is 0 Å². The lowest BCUT2D eigenvalue weighted by Crippen LogP contribution is -2.51. The first-order valence-corrected chi connectivity index (χ1v) is 8.61. The SMILES string of the molecule is CC(C)C1=C(C(C)C)[C@@]2(C)CCC[C@](C)(C(=O)O)C2CC1. The summed E-state index contributed by atoms with van der Waals surface area (Å²) in [4.78, 5) is 11.9. The molecule has 0 saturated heterocycles. The molecule has 2 aliphatic rings. The molecule has 2 rings (SSSR count). The first-order valence-electron chi connectivity index (χ1n) is 8.61. The van der Waals surface area contributed by atoms with Crippen LogP contribution in [-0.4, -0.2) is 11.1 Å². The summed E-state index contributed by atoms with van der Waals surface area (Å²) in [5.41, 5.74) is 2.73. The van der Waals surface area contributed by atoms with Crippen LogP contribution in [0.4, 0.5) is 0 Å². The van der Waals surface area contributed by atoms with Gasteiger partial charge in [-0.15, -0.1) is 0 Å². The molecular weight excluding hydrogens is 260 g/mol. The van der Waals surface area contributed by atoms with Gasteiger partial charge in [0.15, 0.2) is 0 Å². The molecule has 1 N–H and O–H groups in total. The minimum atomic E-state index is -0.588. The van der Waals surface area contributed by atoms with Crippen molar-refractivity contribution in [1.29, 1.82) is 0 Å². The lowest BCUT2D eigenvalue weighted by Gasteiger charge is -2.56. The van der Waals surface area contributed by atoms with Crippen molar-refractivity contribution in [2.24, 2.45) is 28.6 Å². The average Bonchev–Trinajstić information content (AvgIpc) is 2.36. The van der Waals surface area contributed by atoms with E-state index in [-0.39, 0.29) is 11.3 Å². The van der Waals surface area contributed by atoms with E-state index in [2.05, 4.69) is 34.6 Å². The maximum absolute atomic E-state index is 11.9. The number of rotatable bonds is 3. The number of aliphatic carboxylic acids is 1. The van der Waals surface area contributed by atoms with Gasteiger partial charge in [0.2, 0.25) is 0 Å². The van der Waals surface area contributed by atoms with Gasteiger partial charge < -0.3 is 5.11 Å². The van der Waals surface area contributed by atoms with E-state index in [9.17, 15) is 9.90 Å². The summed E-state index contributed by atoms with van der Waals surface area (Å²) in [6.45, 7) is 13.5. The number of carboxylic acids is 1. The third-order valence-electron chi connectivity index (χ3n) is 6.36. The minimum Gasteiger partial charge on any atom is -0.481 e. The van der Waals surface area contributed by atoms with Gasteiger partial charge in [-0.25, -0.2) is 0 Å². The molecule has 0 radical (unpaired) electrons. The van der Waals surface area contributed by atoms with Crippen molar-refractivity contribution in [3.63, 3.8) is 0 Å². The molecule has 0 heterocycles. The van der Waals surface area contributed by atoms with Crippen LogP contribution in [0.15, 0.2) is 11.1 Å². The molecule has 21 heavy (non-hydrogen) atoms. The predicted molar refractivity (Wildman–Crippen MR) is 87.1 cm³/mol. The van der Waals surface area contributed by atoms with Gasteiger partial charge in [0.1, 0.15) is 0 Å². The van der Waals surface area contributed by atoms with Gasteiger partial charge in [-0.1, -0.05) is 52.2 Å². The molecule has 3 atom stereocenters. The molecule has 2 heteroatoms. The highest BCUT2D eigenvalue weighted by molar-refractivity contribution is 5.75. The monoisotopic (exact) mass is 292 g/mol. The Morgan fingerprint density at radius 3 is 2.24 bits per heavy atom. The third-order valence-corrected chi connectivity index (χ3v) is 6.36. The molecule has 0 aliphatic heterocycles. The average molecular weight is 292 g/mol. The summed E-state index contributed by atoms with van der Waals surface area (Å²) < 4.78 is 0. The molecule has 0 spiro atoms. The standard InChI is InChI=1S/C19H32O2/c1-12(2)14-8-9-15-18(5,16(14)13(3)4)10-7-11-19(15,6)17(20)21/h12-13,15H,7-11H2,1-6H3,(H,20,21)/t15?,18-,19-/m0/s1. The van der Waals surface area contributed by atoms with Crippen molar-refractivity contribution in [3.8, 4) is 0 Å². The Balaban J connectivity index is 2.57. The van der Waals surface area contributed by atoms with Crippen LogP contribution >= 0.6 is 0 Å². The highest BCUT2D eigenvalue weighted by Crippen LogP contribution is 2.61. The van der Waals surface area contributed by atoms with Crippen molar-refractivity contribution >= 4 is 5.97 Å². The zero-order valence-electron chi connectivity index (χ0n) is 14.6. The minimum absolute atomic E-state index is 0.0808. The summed E-state index contributed by atoms with van der Waals surface area (Å²) in [5, 5.41) is 9.83. The second-order valence-electron chi connectivity index (χ2n) is 8.33. The van der Waals surface area contributed by atoms with Crippen LogP contribution in [0.2, 0.25) is 0 Å². The summed E-state index contributed by atoms with van der Waals surface area (Å²) in [5.74, 6) is 0.801. The van der Waals surface area contributed by atoms with E-state index in [0.717, 1.165) is 32.1 Å². The Bertz CT molecular complexity index is 460. The number of hydrogen-bond donors (Lipinski definition) is 1. The van der Waals surface area contributed by atoms with Crippen LogP contribution in [0, 0.1) is 28.6 Å². The molecule has 2 nitrogen and oxygen atoms in total. The Labute approximate surface area is 130 Å². The van der Waals surface area contributed by atoms with Crippen molar-refractivity contribution < 1.29 is 9.90 Å². The molecule has 0 aromatic rings. The fourth-order valence-corrected chi connectivity index (χ4v) is 5.52. The Hall–Kier alpha value is -0.790. The maximum Gasteiger partial charge on any atom is 0.309 e. The topological polar surface area (TPSA) is 37.3 Å². The van der Waals surface area contributed by atoms with Crippen LogP contribution in [0.3, 0.4) is 0 Å². The Morgan fingerprint density at radius 1 is 1.14 bits per heavy atom. The zero-order chi connectivity index (χ0) is 16.0. The Morgan fingerprint density at radius 2 is 1.76 bits per heavy atom. The Kier molecular flexibility index (Phi) is 4.30. The lowest BCUT2D eigenvalue weighted by molar-refractivity contribution is -0.159. The van der Waals surface area contributed by atoms with Crippen LogP contribution in [-0.2, 0) is 4.79 Å². The second-order valence-corrected chi connectivity index (χ2v) is 8.33. The molecular formula is C19H32O2. The summed E-state index contributed by atoms with van der Waals surface area (Å²) in [6, 6.07) is 0. The summed E-state index contributed by atoms with van der Waals surface area (Å²) in [6.07, 6.45) is 5.17. The first-order chi connectivity index (χ1) is 9.64. The molecule has 0 aromatic carbocycles.